The lowest BCUT2D eigenvalue weighted by atomic mass is 10.1. The number of benzene rings is 1. The van der Waals surface area contributed by atoms with Crippen molar-refractivity contribution in [2.45, 2.75) is 19.1 Å². The first-order chi connectivity index (χ1) is 6.61. The summed E-state index contributed by atoms with van der Waals surface area (Å²) in [5.74, 6) is 0.817. The summed E-state index contributed by atoms with van der Waals surface area (Å²) in [7, 11) is 3.93. The normalized spacial score (nSPS) is 24.3. The lowest BCUT2D eigenvalue weighted by Gasteiger charge is -2.16. The largest absolute Gasteiger partial charge is 0.485 e. The number of nitrogens with zero attached hydrogens (tertiary/aromatic N) is 1. The molecule has 76 valence electrons. The van der Waals surface area contributed by atoms with E-state index in [2.05, 4.69) is 0 Å². The van der Waals surface area contributed by atoms with Crippen molar-refractivity contribution in [2.75, 3.05) is 19.0 Å². The second kappa shape index (κ2) is 3.17. The van der Waals surface area contributed by atoms with E-state index >= 15 is 0 Å². The highest BCUT2D eigenvalue weighted by molar-refractivity contribution is 5.63. The molecule has 1 N–H and O–H groups in total. The molecule has 1 aromatic carbocycles. The number of hydrogen-bond acceptors (Lipinski definition) is 3. The molecule has 1 heterocycles. The van der Waals surface area contributed by atoms with Crippen LogP contribution < -0.4 is 9.64 Å². The van der Waals surface area contributed by atoms with Crippen LogP contribution in [0.5, 0.6) is 5.75 Å². The van der Waals surface area contributed by atoms with Gasteiger partial charge in [0.15, 0.2) is 0 Å². The molecule has 0 unspecified atom stereocenters. The van der Waals surface area contributed by atoms with Gasteiger partial charge in [-0.2, -0.15) is 0 Å². The molecule has 0 bridgehead atoms. The summed E-state index contributed by atoms with van der Waals surface area (Å²) in [6, 6.07) is 5.85. The number of rotatable bonds is 1. The van der Waals surface area contributed by atoms with E-state index < -0.39 is 6.10 Å². The van der Waals surface area contributed by atoms with Gasteiger partial charge < -0.3 is 14.7 Å². The van der Waals surface area contributed by atoms with Gasteiger partial charge in [-0.25, -0.2) is 0 Å². The zero-order chi connectivity index (χ0) is 10.3. The Labute approximate surface area is 83.9 Å². The summed E-state index contributed by atoms with van der Waals surface area (Å²) >= 11 is 0. The molecule has 0 radical (unpaired) electrons. The highest BCUT2D eigenvalue weighted by atomic mass is 16.5. The zero-order valence-electron chi connectivity index (χ0n) is 8.69. The molecule has 3 nitrogen and oxygen atoms in total. The van der Waals surface area contributed by atoms with E-state index in [0.717, 1.165) is 17.0 Å². The zero-order valence-corrected chi connectivity index (χ0v) is 8.69. The number of aliphatic hydroxyl groups excluding tert-OH is 1. The fourth-order valence-corrected chi connectivity index (χ4v) is 1.76. The van der Waals surface area contributed by atoms with Gasteiger partial charge >= 0.3 is 0 Å². The Morgan fingerprint density at radius 2 is 2.07 bits per heavy atom. The second-order valence-corrected chi connectivity index (χ2v) is 3.86. The van der Waals surface area contributed by atoms with Crippen molar-refractivity contribution in [2.24, 2.45) is 0 Å². The minimum absolute atomic E-state index is 0.147. The Morgan fingerprint density at radius 1 is 1.36 bits per heavy atom. The van der Waals surface area contributed by atoms with Crippen LogP contribution in [-0.4, -0.2) is 25.3 Å². The average Bonchev–Trinajstić information content (AvgIpc) is 2.43. The Hall–Kier alpha value is -1.22. The maximum Gasteiger partial charge on any atom is 0.149 e. The molecule has 0 fully saturated rings. The summed E-state index contributed by atoms with van der Waals surface area (Å²) < 4.78 is 5.62. The molecule has 2 atom stereocenters. The van der Waals surface area contributed by atoms with Gasteiger partial charge in [-0.1, -0.05) is 12.1 Å². The molecule has 0 spiro atoms. The van der Waals surface area contributed by atoms with E-state index in [9.17, 15) is 5.11 Å². The van der Waals surface area contributed by atoms with Crippen molar-refractivity contribution >= 4 is 5.69 Å². The van der Waals surface area contributed by atoms with Crippen LogP contribution in [0.1, 0.15) is 18.6 Å². The number of anilines is 1. The quantitative estimate of drug-likeness (QED) is 0.734. The first-order valence-electron chi connectivity index (χ1n) is 4.76. The van der Waals surface area contributed by atoms with Crippen molar-refractivity contribution in [3.05, 3.63) is 23.8 Å². The highest BCUT2D eigenvalue weighted by Gasteiger charge is 2.31. The monoisotopic (exact) mass is 193 g/mol. The van der Waals surface area contributed by atoms with Gasteiger partial charge in [0.1, 0.15) is 18.0 Å². The highest BCUT2D eigenvalue weighted by Crippen LogP contribution is 2.42. The van der Waals surface area contributed by atoms with Crippen molar-refractivity contribution in [1.82, 2.24) is 0 Å². The van der Waals surface area contributed by atoms with E-state index in [1.54, 1.807) is 0 Å². The smallest absolute Gasteiger partial charge is 0.149 e. The minimum Gasteiger partial charge on any atom is -0.485 e. The SMILES string of the molecule is C[C@@H]1Oc2c(cccc2N(C)C)[C@@H]1O. The van der Waals surface area contributed by atoms with Crippen molar-refractivity contribution in [3.8, 4) is 5.75 Å². The van der Waals surface area contributed by atoms with E-state index in [1.165, 1.54) is 0 Å². The summed E-state index contributed by atoms with van der Waals surface area (Å²) in [5.41, 5.74) is 1.91. The number of fused-ring (bicyclic) bond motifs is 1. The first-order valence-corrected chi connectivity index (χ1v) is 4.76. The lowest BCUT2D eigenvalue weighted by Crippen LogP contribution is -2.13. The summed E-state index contributed by atoms with van der Waals surface area (Å²) in [6.45, 7) is 1.88. The van der Waals surface area contributed by atoms with E-state index in [1.807, 2.05) is 44.1 Å². The molecule has 3 heteroatoms. The summed E-state index contributed by atoms with van der Waals surface area (Å²) in [4.78, 5) is 1.99. The number of hydrogen-bond donors (Lipinski definition) is 1. The average molecular weight is 193 g/mol. The minimum atomic E-state index is -0.495. The maximum atomic E-state index is 9.81. The van der Waals surface area contributed by atoms with Gasteiger partial charge in [-0.15, -0.1) is 0 Å². The predicted molar refractivity (Wildman–Crippen MR) is 55.8 cm³/mol. The van der Waals surface area contributed by atoms with Gasteiger partial charge in [0.2, 0.25) is 0 Å². The first kappa shape index (κ1) is 9.34. The third kappa shape index (κ3) is 1.24. The van der Waals surface area contributed by atoms with Crippen LogP contribution in [-0.2, 0) is 0 Å². The molecule has 0 saturated carbocycles. The van der Waals surface area contributed by atoms with Crippen molar-refractivity contribution < 1.29 is 9.84 Å². The second-order valence-electron chi connectivity index (χ2n) is 3.86. The summed E-state index contributed by atoms with van der Waals surface area (Å²) in [6.07, 6.45) is -0.643. The van der Waals surface area contributed by atoms with Crippen LogP contribution in [0, 0.1) is 0 Å². The topological polar surface area (TPSA) is 32.7 Å². The fourth-order valence-electron chi connectivity index (χ4n) is 1.76. The Balaban J connectivity index is 2.50. The van der Waals surface area contributed by atoms with Crippen LogP contribution in [0.25, 0.3) is 0 Å². The molecule has 1 aliphatic heterocycles. The van der Waals surface area contributed by atoms with Crippen molar-refractivity contribution in [1.29, 1.82) is 0 Å². The Kier molecular flexibility index (Phi) is 2.11. The van der Waals surface area contributed by atoms with E-state index in [-0.39, 0.29) is 6.10 Å². The van der Waals surface area contributed by atoms with Gasteiger partial charge in [-0.3, -0.25) is 0 Å². The molecule has 1 aromatic rings. The molecular formula is C11H15NO2. The maximum absolute atomic E-state index is 9.81. The molecule has 2 rings (SSSR count). The Morgan fingerprint density at radius 3 is 2.71 bits per heavy atom. The van der Waals surface area contributed by atoms with Crippen LogP contribution in [0.3, 0.4) is 0 Å². The number of ether oxygens (including phenoxy) is 1. The third-order valence-corrected chi connectivity index (χ3v) is 2.57. The molecule has 0 amide bonds. The van der Waals surface area contributed by atoms with Crippen LogP contribution in [0.4, 0.5) is 5.69 Å². The van der Waals surface area contributed by atoms with Gasteiger partial charge in [0, 0.05) is 19.7 Å². The summed E-state index contributed by atoms with van der Waals surface area (Å²) in [5, 5.41) is 9.81. The lowest BCUT2D eigenvalue weighted by molar-refractivity contribution is 0.0797. The van der Waals surface area contributed by atoms with Crippen LogP contribution >= 0.6 is 0 Å². The van der Waals surface area contributed by atoms with Crippen molar-refractivity contribution in [3.63, 3.8) is 0 Å². The standard InChI is InChI=1S/C11H15NO2/c1-7-10(13)8-5-4-6-9(12(2)3)11(8)14-7/h4-7,10,13H,1-3H3/t7-,10+/m0/s1. The molecular weight excluding hydrogens is 178 g/mol. The van der Waals surface area contributed by atoms with E-state index in [0.29, 0.717) is 0 Å². The molecule has 0 aliphatic carbocycles. The number of aliphatic hydroxyl groups is 1. The molecule has 0 aromatic heterocycles. The number of para-hydroxylation sites is 1. The molecule has 0 saturated heterocycles. The van der Waals surface area contributed by atoms with E-state index in [4.69, 9.17) is 4.74 Å². The third-order valence-electron chi connectivity index (χ3n) is 2.57. The molecule has 14 heavy (non-hydrogen) atoms. The van der Waals surface area contributed by atoms with Crippen LogP contribution in [0.15, 0.2) is 18.2 Å². The molecule has 1 aliphatic rings. The van der Waals surface area contributed by atoms with Gasteiger partial charge in [-0.05, 0) is 13.0 Å². The van der Waals surface area contributed by atoms with Crippen LogP contribution in [0.2, 0.25) is 0 Å². The van der Waals surface area contributed by atoms with Gasteiger partial charge in [0.25, 0.3) is 0 Å². The van der Waals surface area contributed by atoms with Gasteiger partial charge in [0.05, 0.1) is 5.69 Å². The fraction of sp³-hybridized carbons (Fsp3) is 0.455. The predicted octanol–water partition coefficient (Wildman–Crippen LogP) is 1.57. The Bertz CT molecular complexity index is 349.